The van der Waals surface area contributed by atoms with Crippen LogP contribution in [0.4, 0.5) is 0 Å². The number of hydrogen-bond donors (Lipinski definition) is 2. The molecule has 1 aromatic heterocycles. The third-order valence-corrected chi connectivity index (χ3v) is 3.55. The van der Waals surface area contributed by atoms with E-state index in [2.05, 4.69) is 5.32 Å². The summed E-state index contributed by atoms with van der Waals surface area (Å²) in [7, 11) is 1.71. The molecule has 1 heterocycles. The Morgan fingerprint density at radius 1 is 1.12 bits per heavy atom. The zero-order chi connectivity index (χ0) is 17.0. The largest absolute Gasteiger partial charge is 1.00 e. The maximum absolute atomic E-state index is 12.5. The smallest absolute Gasteiger partial charge is 1.00 e. The van der Waals surface area contributed by atoms with Gasteiger partial charge >= 0.3 is 35.5 Å². The van der Waals surface area contributed by atoms with Crippen LogP contribution in [-0.4, -0.2) is 33.9 Å². The molecular formula is C17H19N2NaO4. The van der Waals surface area contributed by atoms with Gasteiger partial charge in [0.2, 0.25) is 11.7 Å². The van der Waals surface area contributed by atoms with E-state index in [0.29, 0.717) is 17.0 Å². The van der Waals surface area contributed by atoms with Crippen molar-refractivity contribution in [2.24, 2.45) is 7.05 Å². The van der Waals surface area contributed by atoms with Crippen LogP contribution in [0.3, 0.4) is 0 Å². The molecule has 6 nitrogen and oxygen atoms in total. The SMILES string of the molecule is Cc1ccc(C(=O)c2ccc(CC(=O)NCC(=O)O)n2C)cc1.[H-].[Na+]. The van der Waals surface area contributed by atoms with Crippen molar-refractivity contribution in [3.63, 3.8) is 0 Å². The molecule has 0 aliphatic heterocycles. The maximum Gasteiger partial charge on any atom is 1.00 e. The Hall–Kier alpha value is -1.89. The van der Waals surface area contributed by atoms with E-state index in [-0.39, 0.29) is 43.2 Å². The van der Waals surface area contributed by atoms with Crippen LogP contribution in [0.5, 0.6) is 0 Å². The molecular weight excluding hydrogens is 319 g/mol. The number of amides is 1. The third kappa shape index (κ3) is 5.06. The van der Waals surface area contributed by atoms with E-state index in [1.807, 2.05) is 19.1 Å². The number of benzene rings is 1. The van der Waals surface area contributed by atoms with Crippen molar-refractivity contribution >= 4 is 17.7 Å². The summed E-state index contributed by atoms with van der Waals surface area (Å²) >= 11 is 0. The van der Waals surface area contributed by atoms with E-state index in [1.54, 1.807) is 35.9 Å². The molecule has 24 heavy (non-hydrogen) atoms. The van der Waals surface area contributed by atoms with Gasteiger partial charge in [-0.25, -0.2) is 0 Å². The minimum atomic E-state index is -1.10. The zero-order valence-electron chi connectivity index (χ0n) is 15.0. The number of ketones is 1. The van der Waals surface area contributed by atoms with Gasteiger partial charge in [-0.05, 0) is 19.1 Å². The Kier molecular flexibility index (Phi) is 7.41. The van der Waals surface area contributed by atoms with Crippen LogP contribution in [0.1, 0.15) is 28.7 Å². The number of aryl methyl sites for hydroxylation is 1. The van der Waals surface area contributed by atoms with Crippen LogP contribution in [0.2, 0.25) is 0 Å². The molecule has 0 saturated carbocycles. The molecule has 1 amide bonds. The number of carbonyl (C=O) groups excluding carboxylic acids is 2. The summed E-state index contributed by atoms with van der Waals surface area (Å²) < 4.78 is 1.66. The molecule has 0 aliphatic carbocycles. The molecule has 0 fully saturated rings. The van der Waals surface area contributed by atoms with Crippen LogP contribution < -0.4 is 34.9 Å². The molecule has 0 saturated heterocycles. The van der Waals surface area contributed by atoms with Gasteiger partial charge in [0.15, 0.2) is 0 Å². The van der Waals surface area contributed by atoms with E-state index in [4.69, 9.17) is 5.11 Å². The first-order valence-electron chi connectivity index (χ1n) is 7.13. The molecule has 7 heteroatoms. The second kappa shape index (κ2) is 8.82. The van der Waals surface area contributed by atoms with Crippen molar-refractivity contribution < 1.29 is 50.5 Å². The van der Waals surface area contributed by atoms with Crippen LogP contribution in [0.15, 0.2) is 36.4 Å². The number of nitrogens with zero attached hydrogens (tertiary/aromatic N) is 1. The van der Waals surface area contributed by atoms with Crippen LogP contribution in [-0.2, 0) is 23.1 Å². The van der Waals surface area contributed by atoms with Gasteiger partial charge in [-0.1, -0.05) is 29.8 Å². The van der Waals surface area contributed by atoms with E-state index in [9.17, 15) is 14.4 Å². The second-order valence-corrected chi connectivity index (χ2v) is 5.31. The van der Waals surface area contributed by atoms with Crippen LogP contribution in [0, 0.1) is 6.92 Å². The third-order valence-electron chi connectivity index (χ3n) is 3.55. The average molecular weight is 338 g/mol. The number of hydrogen-bond acceptors (Lipinski definition) is 3. The fourth-order valence-corrected chi connectivity index (χ4v) is 2.21. The molecule has 1 aromatic carbocycles. The van der Waals surface area contributed by atoms with Gasteiger partial charge in [-0.2, -0.15) is 0 Å². The Labute approximate surface area is 163 Å². The van der Waals surface area contributed by atoms with Crippen molar-refractivity contribution in [3.8, 4) is 0 Å². The van der Waals surface area contributed by atoms with Gasteiger partial charge in [-0.3, -0.25) is 14.4 Å². The first-order valence-corrected chi connectivity index (χ1v) is 7.13. The molecule has 122 valence electrons. The molecule has 2 N–H and O–H groups in total. The minimum Gasteiger partial charge on any atom is -1.00 e. The second-order valence-electron chi connectivity index (χ2n) is 5.31. The maximum atomic E-state index is 12.5. The number of nitrogens with one attached hydrogen (secondary N) is 1. The Morgan fingerprint density at radius 2 is 1.75 bits per heavy atom. The number of aromatic nitrogens is 1. The average Bonchev–Trinajstić information content (AvgIpc) is 2.86. The summed E-state index contributed by atoms with van der Waals surface area (Å²) in [5.41, 5.74) is 2.78. The molecule has 0 unspecified atom stereocenters. The summed E-state index contributed by atoms with van der Waals surface area (Å²) in [6, 6.07) is 10.6. The fourth-order valence-electron chi connectivity index (χ4n) is 2.21. The van der Waals surface area contributed by atoms with E-state index >= 15 is 0 Å². The summed E-state index contributed by atoms with van der Waals surface area (Å²) in [4.78, 5) is 34.6. The first kappa shape index (κ1) is 20.2. The Morgan fingerprint density at radius 3 is 2.33 bits per heavy atom. The normalized spacial score (nSPS) is 9.92. The van der Waals surface area contributed by atoms with Gasteiger partial charge in [0.05, 0.1) is 12.1 Å². The number of carboxylic acids is 1. The molecule has 0 aliphatic rings. The number of carboxylic acid groups (broad SMARTS) is 1. The van der Waals surface area contributed by atoms with Crippen molar-refractivity contribution in [2.45, 2.75) is 13.3 Å². The minimum absolute atomic E-state index is 0. The molecule has 0 radical (unpaired) electrons. The van der Waals surface area contributed by atoms with Gasteiger partial charge < -0.3 is 16.4 Å². The molecule has 0 bridgehead atoms. The predicted molar refractivity (Wildman–Crippen MR) is 85.5 cm³/mol. The molecule has 0 spiro atoms. The monoisotopic (exact) mass is 338 g/mol. The van der Waals surface area contributed by atoms with Crippen LogP contribution in [0.25, 0.3) is 0 Å². The van der Waals surface area contributed by atoms with E-state index in [1.165, 1.54) is 0 Å². The quantitative estimate of drug-likeness (QED) is 0.492. The summed E-state index contributed by atoms with van der Waals surface area (Å²) in [5.74, 6) is -1.62. The number of rotatable bonds is 6. The van der Waals surface area contributed by atoms with Crippen LogP contribution >= 0.6 is 0 Å². The molecule has 2 rings (SSSR count). The van der Waals surface area contributed by atoms with E-state index in [0.717, 1.165) is 5.56 Å². The standard InChI is InChI=1S/C17H18N2O4.Na.H/c1-11-3-5-12(6-4-11)17(23)14-8-7-13(19(14)2)9-15(20)18-10-16(21)22;;/h3-8H,9-10H2,1-2H3,(H,18,20)(H,21,22);;/q;+1;-1. The topological polar surface area (TPSA) is 88.4 Å². The molecule has 2 aromatic rings. The number of aliphatic carboxylic acids is 1. The molecule has 0 atom stereocenters. The van der Waals surface area contributed by atoms with Crippen molar-refractivity contribution in [1.82, 2.24) is 9.88 Å². The Bertz CT molecular complexity index is 757. The van der Waals surface area contributed by atoms with Crippen molar-refractivity contribution in [2.75, 3.05) is 6.54 Å². The summed E-state index contributed by atoms with van der Waals surface area (Å²) in [6.07, 6.45) is 0.0188. The van der Waals surface area contributed by atoms with E-state index < -0.39 is 18.4 Å². The van der Waals surface area contributed by atoms with Gasteiger partial charge in [0.25, 0.3) is 0 Å². The van der Waals surface area contributed by atoms with Crippen molar-refractivity contribution in [3.05, 3.63) is 58.9 Å². The fraction of sp³-hybridized carbons (Fsp3) is 0.235. The first-order chi connectivity index (χ1) is 10.9. The number of carbonyl (C=O) groups is 3. The summed E-state index contributed by atoms with van der Waals surface area (Å²) in [6.45, 7) is 1.53. The van der Waals surface area contributed by atoms with Crippen molar-refractivity contribution in [1.29, 1.82) is 0 Å². The summed E-state index contributed by atoms with van der Waals surface area (Å²) in [5, 5.41) is 10.8. The van der Waals surface area contributed by atoms with Gasteiger partial charge in [0, 0.05) is 18.3 Å². The Balaban J connectivity index is 0.00000288. The zero-order valence-corrected chi connectivity index (χ0v) is 16.0. The van der Waals surface area contributed by atoms with Gasteiger partial charge in [0.1, 0.15) is 6.54 Å². The predicted octanol–water partition coefficient (Wildman–Crippen LogP) is -1.58. The van der Waals surface area contributed by atoms with Gasteiger partial charge in [-0.15, -0.1) is 0 Å².